The summed E-state index contributed by atoms with van der Waals surface area (Å²) in [7, 11) is -4.62. The maximum absolute atomic E-state index is 10.7. The molecule has 2 atom stereocenters. The van der Waals surface area contributed by atoms with Crippen LogP contribution in [0, 0.1) is 0 Å². The molecular formula is C14H22N2O7S. The summed E-state index contributed by atoms with van der Waals surface area (Å²) in [6, 6.07) is 6.55. The second kappa shape index (κ2) is 10.7. The lowest BCUT2D eigenvalue weighted by Gasteiger charge is -2.08. The number of carboxylic acids is 2. The molecule has 10 heteroatoms. The highest BCUT2D eigenvalue weighted by atomic mass is 32.2. The first-order chi connectivity index (χ1) is 11.1. The Labute approximate surface area is 140 Å². The first-order valence-corrected chi connectivity index (χ1v) is 8.54. The Bertz CT molecular complexity index is 619. The summed E-state index contributed by atoms with van der Waals surface area (Å²) in [6.45, 7) is 0.604. The molecule has 0 saturated carbocycles. The Hall–Kier alpha value is -2.01. The molecule has 0 aliphatic heterocycles. The molecule has 0 spiro atoms. The fourth-order valence-corrected chi connectivity index (χ4v) is 2.46. The summed E-state index contributed by atoms with van der Waals surface area (Å²) in [5, 5.41) is 15.0. The third kappa shape index (κ3) is 8.58. The molecule has 2 unspecified atom stereocenters. The van der Waals surface area contributed by atoms with Crippen molar-refractivity contribution in [3.05, 3.63) is 35.9 Å². The lowest BCUT2D eigenvalue weighted by atomic mass is 10.1. The molecule has 1 aromatic rings. The zero-order chi connectivity index (χ0) is 18.8. The summed E-state index contributed by atoms with van der Waals surface area (Å²) in [4.78, 5) is 20.7. The van der Waals surface area contributed by atoms with Gasteiger partial charge in [0, 0.05) is 0 Å². The van der Waals surface area contributed by atoms with Crippen LogP contribution in [0.5, 0.6) is 0 Å². The summed E-state index contributed by atoms with van der Waals surface area (Å²) < 4.78 is 30.2. The van der Waals surface area contributed by atoms with Crippen molar-refractivity contribution in [3.8, 4) is 0 Å². The maximum atomic E-state index is 10.7. The third-order valence-electron chi connectivity index (χ3n) is 2.91. The van der Waals surface area contributed by atoms with Gasteiger partial charge in [0.25, 0.3) is 10.1 Å². The van der Waals surface area contributed by atoms with Gasteiger partial charge in [0.1, 0.15) is 6.04 Å². The van der Waals surface area contributed by atoms with Crippen LogP contribution >= 0.6 is 0 Å². The van der Waals surface area contributed by atoms with E-state index < -0.39 is 33.3 Å². The van der Waals surface area contributed by atoms with Crippen molar-refractivity contribution in [1.82, 2.24) is 0 Å². The number of nitrogens with two attached hydrogens (primary N) is 2. The highest BCUT2D eigenvalue weighted by Gasteiger charge is 2.32. The number of benzene rings is 1. The number of rotatable bonds is 8. The van der Waals surface area contributed by atoms with E-state index in [-0.39, 0.29) is 5.56 Å². The molecule has 7 N–H and O–H groups in total. The zero-order valence-corrected chi connectivity index (χ0v) is 13.7. The molecule has 136 valence electrons. The molecule has 0 heterocycles. The number of hydrogen-bond acceptors (Lipinski definition) is 6. The van der Waals surface area contributed by atoms with Gasteiger partial charge in [0.05, 0.1) is 0 Å². The Balaban J connectivity index is 0.000000470. The van der Waals surface area contributed by atoms with E-state index in [0.29, 0.717) is 13.0 Å². The first kappa shape index (κ1) is 22.0. The van der Waals surface area contributed by atoms with Gasteiger partial charge in [-0.3, -0.25) is 14.1 Å². The molecule has 0 saturated heterocycles. The smallest absolute Gasteiger partial charge is 0.329 e. The predicted molar refractivity (Wildman–Crippen MR) is 86.9 cm³/mol. The summed E-state index contributed by atoms with van der Waals surface area (Å²) in [5.74, 6) is -2.53. The summed E-state index contributed by atoms with van der Waals surface area (Å²) in [5.41, 5.74) is 10.4. The second-order valence-electron chi connectivity index (χ2n) is 4.87. The molecule has 24 heavy (non-hydrogen) atoms. The van der Waals surface area contributed by atoms with Gasteiger partial charge < -0.3 is 21.7 Å². The minimum absolute atomic E-state index is 0.0301. The van der Waals surface area contributed by atoms with Crippen molar-refractivity contribution in [2.45, 2.75) is 30.6 Å². The molecular weight excluding hydrogens is 340 g/mol. The standard InChI is InChI=1S/C8H8O5S.C6H14N2O2/c9-8(10)7(14(11,12)13)6-4-2-1-3-5-6;7-4-2-1-3-5(8)6(9)10/h1-5,7H,(H,9,10)(H,11,12,13);5H,1-4,7-8H2,(H,9,10). The minimum atomic E-state index is -4.62. The van der Waals surface area contributed by atoms with Gasteiger partial charge in [-0.1, -0.05) is 36.8 Å². The van der Waals surface area contributed by atoms with Gasteiger partial charge >= 0.3 is 11.9 Å². The Morgan fingerprint density at radius 3 is 1.96 bits per heavy atom. The molecule has 0 bridgehead atoms. The van der Waals surface area contributed by atoms with E-state index in [1.165, 1.54) is 24.3 Å². The average molecular weight is 362 g/mol. The third-order valence-corrected chi connectivity index (χ3v) is 3.98. The fourth-order valence-electron chi connectivity index (χ4n) is 1.70. The van der Waals surface area contributed by atoms with Crippen LogP contribution in [0.3, 0.4) is 0 Å². The topological polar surface area (TPSA) is 181 Å². The zero-order valence-electron chi connectivity index (χ0n) is 12.9. The predicted octanol–water partition coefficient (Wildman–Crippen LogP) is 0.227. The Morgan fingerprint density at radius 2 is 1.58 bits per heavy atom. The number of hydrogen-bond donors (Lipinski definition) is 5. The van der Waals surface area contributed by atoms with Crippen LogP contribution in [0.2, 0.25) is 0 Å². The van der Waals surface area contributed by atoms with E-state index in [2.05, 4.69) is 0 Å². The van der Waals surface area contributed by atoms with E-state index in [0.717, 1.165) is 12.8 Å². The van der Waals surface area contributed by atoms with Crippen LogP contribution in [0.4, 0.5) is 0 Å². The van der Waals surface area contributed by atoms with Crippen LogP contribution < -0.4 is 11.5 Å². The monoisotopic (exact) mass is 362 g/mol. The van der Waals surface area contributed by atoms with Crippen molar-refractivity contribution in [1.29, 1.82) is 0 Å². The molecule has 0 aliphatic rings. The lowest BCUT2D eigenvalue weighted by molar-refractivity contribution is -0.139. The molecule has 1 rings (SSSR count). The van der Waals surface area contributed by atoms with Gasteiger partial charge in [-0.05, 0) is 24.9 Å². The molecule has 0 fully saturated rings. The molecule has 0 aromatic heterocycles. The normalized spacial score (nSPS) is 13.3. The highest BCUT2D eigenvalue weighted by Crippen LogP contribution is 2.20. The molecule has 1 aromatic carbocycles. The molecule has 0 amide bonds. The average Bonchev–Trinajstić information content (AvgIpc) is 2.47. The molecule has 0 radical (unpaired) electrons. The summed E-state index contributed by atoms with van der Waals surface area (Å²) >= 11 is 0. The quantitative estimate of drug-likeness (QED) is 0.319. The number of carboxylic acid groups (broad SMARTS) is 2. The maximum Gasteiger partial charge on any atom is 0.329 e. The van der Waals surface area contributed by atoms with Crippen molar-refractivity contribution in [3.63, 3.8) is 0 Å². The second-order valence-corrected chi connectivity index (χ2v) is 6.37. The van der Waals surface area contributed by atoms with E-state index in [9.17, 15) is 18.0 Å². The summed E-state index contributed by atoms with van der Waals surface area (Å²) in [6.07, 6.45) is 2.16. The van der Waals surface area contributed by atoms with Crippen LogP contribution in [0.15, 0.2) is 30.3 Å². The van der Waals surface area contributed by atoms with Crippen molar-refractivity contribution < 1.29 is 32.8 Å². The van der Waals surface area contributed by atoms with E-state index in [1.54, 1.807) is 6.07 Å². The fraction of sp³-hybridized carbons (Fsp3) is 0.429. The number of carbonyl (C=O) groups is 2. The van der Waals surface area contributed by atoms with Crippen LogP contribution in [0.1, 0.15) is 30.1 Å². The SMILES string of the molecule is NCCCCC(N)C(=O)O.O=C(O)C(c1ccccc1)S(=O)(=O)O. The van der Waals surface area contributed by atoms with E-state index in [4.69, 9.17) is 26.2 Å². The highest BCUT2D eigenvalue weighted by molar-refractivity contribution is 7.86. The van der Waals surface area contributed by atoms with E-state index in [1.807, 2.05) is 0 Å². The Morgan fingerprint density at radius 1 is 1.04 bits per heavy atom. The van der Waals surface area contributed by atoms with Crippen LogP contribution in [0.25, 0.3) is 0 Å². The van der Waals surface area contributed by atoms with Gasteiger partial charge in [0.2, 0.25) is 5.25 Å². The van der Waals surface area contributed by atoms with Crippen molar-refractivity contribution in [2.75, 3.05) is 6.54 Å². The van der Waals surface area contributed by atoms with Crippen molar-refractivity contribution in [2.24, 2.45) is 11.5 Å². The van der Waals surface area contributed by atoms with Crippen molar-refractivity contribution >= 4 is 22.1 Å². The van der Waals surface area contributed by atoms with Crippen LogP contribution in [-0.4, -0.2) is 47.7 Å². The minimum Gasteiger partial charge on any atom is -0.480 e. The van der Waals surface area contributed by atoms with Gasteiger partial charge in [-0.15, -0.1) is 0 Å². The Kier molecular flexibility index (Phi) is 9.81. The number of unbranched alkanes of at least 4 members (excludes halogenated alkanes) is 1. The molecule has 0 aliphatic carbocycles. The number of aliphatic carboxylic acids is 2. The lowest BCUT2D eigenvalue weighted by Crippen LogP contribution is -2.29. The van der Waals surface area contributed by atoms with Gasteiger partial charge in [0.15, 0.2) is 0 Å². The van der Waals surface area contributed by atoms with Gasteiger partial charge in [-0.2, -0.15) is 8.42 Å². The first-order valence-electron chi connectivity index (χ1n) is 7.03. The largest absolute Gasteiger partial charge is 0.480 e. The van der Waals surface area contributed by atoms with Gasteiger partial charge in [-0.25, -0.2) is 0 Å². The van der Waals surface area contributed by atoms with E-state index >= 15 is 0 Å². The van der Waals surface area contributed by atoms with Crippen LogP contribution in [-0.2, 0) is 19.7 Å². The molecule has 9 nitrogen and oxygen atoms in total.